The average Bonchev–Trinajstić information content (AvgIpc) is 3.00. The molecule has 3 aromatic carbocycles. The Morgan fingerprint density at radius 1 is 1.07 bits per heavy atom. The molecule has 134 valence electrons. The number of methoxy groups -OCH3 is 1. The number of amidine groups is 1. The van der Waals surface area contributed by atoms with Gasteiger partial charge in [-0.25, -0.2) is 9.38 Å². The second-order valence-electron chi connectivity index (χ2n) is 5.93. The predicted octanol–water partition coefficient (Wildman–Crippen LogP) is 4.88. The van der Waals surface area contributed by atoms with E-state index in [0.717, 1.165) is 22.1 Å². The smallest absolute Gasteiger partial charge is 0.264 e. The molecule has 1 aliphatic heterocycles. The van der Waals surface area contributed by atoms with Gasteiger partial charge in [0.15, 0.2) is 5.17 Å². The maximum absolute atomic E-state index is 13.3. The van der Waals surface area contributed by atoms with Crippen molar-refractivity contribution in [3.63, 3.8) is 0 Å². The standard InChI is InChI=1S/C21H15FN2O2S/c1-26-18-8-7-14-9-13(5-6-15(14)11-18)10-19-20(25)24-21(27-19)23-17-4-2-3-16(22)12-17/h2-12H,1H3,(H,23,24,25)/b19-10-. The number of nitrogens with one attached hydrogen (secondary N) is 1. The third-order valence-electron chi connectivity index (χ3n) is 4.06. The fourth-order valence-electron chi connectivity index (χ4n) is 2.75. The van der Waals surface area contributed by atoms with Crippen molar-refractivity contribution in [2.75, 3.05) is 7.11 Å². The van der Waals surface area contributed by atoms with Crippen molar-refractivity contribution in [1.82, 2.24) is 5.32 Å². The number of carbonyl (C=O) groups excluding carboxylic acids is 1. The summed E-state index contributed by atoms with van der Waals surface area (Å²) in [5.41, 5.74) is 1.37. The lowest BCUT2D eigenvalue weighted by Gasteiger charge is -2.03. The first-order valence-corrected chi connectivity index (χ1v) is 9.05. The molecule has 0 spiro atoms. The van der Waals surface area contributed by atoms with Crippen molar-refractivity contribution in [3.8, 4) is 5.75 Å². The zero-order chi connectivity index (χ0) is 18.8. The molecule has 1 heterocycles. The summed E-state index contributed by atoms with van der Waals surface area (Å²) in [5, 5.41) is 5.26. The molecule has 1 N–H and O–H groups in total. The zero-order valence-electron chi connectivity index (χ0n) is 14.4. The Kier molecular flexibility index (Phi) is 4.64. The SMILES string of the molecule is COc1ccc2cc(/C=C3\SC(=Nc4cccc(F)c4)NC3=O)ccc2c1. The van der Waals surface area contributed by atoms with Gasteiger partial charge in [0.2, 0.25) is 0 Å². The van der Waals surface area contributed by atoms with E-state index in [1.54, 1.807) is 19.2 Å². The molecule has 4 nitrogen and oxygen atoms in total. The van der Waals surface area contributed by atoms with E-state index < -0.39 is 0 Å². The molecule has 27 heavy (non-hydrogen) atoms. The highest BCUT2D eigenvalue weighted by molar-refractivity contribution is 8.18. The largest absolute Gasteiger partial charge is 0.497 e. The molecule has 1 saturated heterocycles. The highest BCUT2D eigenvalue weighted by Crippen LogP contribution is 2.29. The second-order valence-corrected chi connectivity index (χ2v) is 6.96. The summed E-state index contributed by atoms with van der Waals surface area (Å²) in [7, 11) is 1.64. The van der Waals surface area contributed by atoms with E-state index in [-0.39, 0.29) is 11.7 Å². The number of nitrogens with zero attached hydrogens (tertiary/aromatic N) is 1. The summed E-state index contributed by atoms with van der Waals surface area (Å²) >= 11 is 1.23. The highest BCUT2D eigenvalue weighted by atomic mass is 32.2. The van der Waals surface area contributed by atoms with E-state index in [2.05, 4.69) is 10.3 Å². The number of amides is 1. The number of hydrogen-bond donors (Lipinski definition) is 1. The number of thioether (sulfide) groups is 1. The van der Waals surface area contributed by atoms with Crippen LogP contribution in [0.4, 0.5) is 10.1 Å². The first-order valence-electron chi connectivity index (χ1n) is 8.24. The number of ether oxygens (including phenoxy) is 1. The third kappa shape index (κ3) is 3.85. The lowest BCUT2D eigenvalue weighted by Crippen LogP contribution is -2.19. The number of carbonyl (C=O) groups is 1. The van der Waals surface area contributed by atoms with Crippen molar-refractivity contribution in [2.45, 2.75) is 0 Å². The van der Waals surface area contributed by atoms with Crippen LogP contribution in [0.25, 0.3) is 16.8 Å². The van der Waals surface area contributed by atoms with Gasteiger partial charge in [-0.2, -0.15) is 0 Å². The lowest BCUT2D eigenvalue weighted by molar-refractivity contribution is -0.115. The molecule has 1 aliphatic rings. The normalized spacial score (nSPS) is 16.9. The Morgan fingerprint density at radius 2 is 1.89 bits per heavy atom. The van der Waals surface area contributed by atoms with Gasteiger partial charge in [0, 0.05) is 0 Å². The summed E-state index contributed by atoms with van der Waals surface area (Å²) in [4.78, 5) is 17.0. The molecule has 1 fully saturated rings. The van der Waals surface area contributed by atoms with Crippen LogP contribution < -0.4 is 10.1 Å². The monoisotopic (exact) mass is 378 g/mol. The summed E-state index contributed by atoms with van der Waals surface area (Å²) in [6.07, 6.45) is 1.82. The molecule has 1 amide bonds. The number of aliphatic imine (C=N–C) groups is 1. The lowest BCUT2D eigenvalue weighted by atomic mass is 10.1. The number of rotatable bonds is 3. The van der Waals surface area contributed by atoms with Gasteiger partial charge in [-0.1, -0.05) is 24.3 Å². The third-order valence-corrected chi connectivity index (χ3v) is 4.97. The van der Waals surface area contributed by atoms with Crippen LogP contribution >= 0.6 is 11.8 Å². The van der Waals surface area contributed by atoms with Gasteiger partial charge in [0.1, 0.15) is 11.6 Å². The van der Waals surface area contributed by atoms with Crippen LogP contribution in [0.2, 0.25) is 0 Å². The average molecular weight is 378 g/mol. The van der Waals surface area contributed by atoms with Gasteiger partial charge >= 0.3 is 0 Å². The van der Waals surface area contributed by atoms with E-state index in [4.69, 9.17) is 4.74 Å². The van der Waals surface area contributed by atoms with E-state index in [1.807, 2.05) is 42.5 Å². The van der Waals surface area contributed by atoms with Gasteiger partial charge in [-0.3, -0.25) is 4.79 Å². The van der Waals surface area contributed by atoms with Gasteiger partial charge in [-0.15, -0.1) is 0 Å². The zero-order valence-corrected chi connectivity index (χ0v) is 15.2. The molecule has 0 aromatic heterocycles. The molecule has 0 radical (unpaired) electrons. The maximum Gasteiger partial charge on any atom is 0.264 e. The van der Waals surface area contributed by atoms with Crippen LogP contribution in [0.1, 0.15) is 5.56 Å². The Hall–Kier alpha value is -3.12. The number of hydrogen-bond acceptors (Lipinski definition) is 4. The Bertz CT molecular complexity index is 1110. The predicted molar refractivity (Wildman–Crippen MR) is 108 cm³/mol. The minimum Gasteiger partial charge on any atom is -0.497 e. The van der Waals surface area contributed by atoms with Crippen LogP contribution in [0.15, 0.2) is 70.6 Å². The Balaban J connectivity index is 1.60. The summed E-state index contributed by atoms with van der Waals surface area (Å²) in [6, 6.07) is 17.7. The van der Waals surface area contributed by atoms with E-state index in [9.17, 15) is 9.18 Å². The van der Waals surface area contributed by atoms with Crippen molar-refractivity contribution in [1.29, 1.82) is 0 Å². The fourth-order valence-corrected chi connectivity index (χ4v) is 3.60. The highest BCUT2D eigenvalue weighted by Gasteiger charge is 2.23. The number of fused-ring (bicyclic) bond motifs is 1. The molecule has 0 aliphatic carbocycles. The van der Waals surface area contributed by atoms with Crippen LogP contribution in [0, 0.1) is 5.82 Å². The molecule has 0 bridgehead atoms. The number of halogens is 1. The molecular formula is C21H15FN2O2S. The number of benzene rings is 3. The van der Waals surface area contributed by atoms with Crippen LogP contribution in [-0.4, -0.2) is 18.2 Å². The van der Waals surface area contributed by atoms with Crippen molar-refractivity contribution in [3.05, 3.63) is 76.9 Å². The van der Waals surface area contributed by atoms with Crippen molar-refractivity contribution < 1.29 is 13.9 Å². The van der Waals surface area contributed by atoms with E-state index in [1.165, 1.54) is 23.9 Å². The minimum atomic E-state index is -0.366. The molecular weight excluding hydrogens is 363 g/mol. The Labute approximate surface area is 159 Å². The second kappa shape index (κ2) is 7.25. The van der Waals surface area contributed by atoms with Crippen molar-refractivity contribution in [2.24, 2.45) is 4.99 Å². The van der Waals surface area contributed by atoms with E-state index in [0.29, 0.717) is 15.8 Å². The fraction of sp³-hybridized carbons (Fsp3) is 0.0476. The minimum absolute atomic E-state index is 0.218. The topological polar surface area (TPSA) is 50.7 Å². The molecule has 0 saturated carbocycles. The van der Waals surface area contributed by atoms with Gasteiger partial charge < -0.3 is 10.1 Å². The van der Waals surface area contributed by atoms with Gasteiger partial charge in [-0.05, 0) is 70.6 Å². The Morgan fingerprint density at radius 3 is 2.70 bits per heavy atom. The van der Waals surface area contributed by atoms with Gasteiger partial charge in [0.25, 0.3) is 5.91 Å². The van der Waals surface area contributed by atoms with Crippen LogP contribution in [-0.2, 0) is 4.79 Å². The quantitative estimate of drug-likeness (QED) is 0.661. The first-order chi connectivity index (χ1) is 13.1. The van der Waals surface area contributed by atoms with Crippen LogP contribution in [0.3, 0.4) is 0 Å². The molecule has 3 aromatic rings. The molecule has 0 unspecified atom stereocenters. The van der Waals surface area contributed by atoms with Crippen molar-refractivity contribution >= 4 is 45.4 Å². The summed E-state index contributed by atoms with van der Waals surface area (Å²) in [5.74, 6) is 0.220. The summed E-state index contributed by atoms with van der Waals surface area (Å²) in [6.45, 7) is 0. The van der Waals surface area contributed by atoms with Crippen LogP contribution in [0.5, 0.6) is 5.75 Å². The maximum atomic E-state index is 13.3. The molecule has 6 heteroatoms. The van der Waals surface area contributed by atoms with E-state index >= 15 is 0 Å². The summed E-state index contributed by atoms with van der Waals surface area (Å²) < 4.78 is 18.5. The molecule has 0 atom stereocenters. The molecule has 4 rings (SSSR count). The van der Waals surface area contributed by atoms with Gasteiger partial charge in [0.05, 0.1) is 17.7 Å². The first kappa shape index (κ1) is 17.3.